The summed E-state index contributed by atoms with van der Waals surface area (Å²) in [7, 11) is 0. The second-order valence-electron chi connectivity index (χ2n) is 12.1. The van der Waals surface area contributed by atoms with Gasteiger partial charge < -0.3 is 10.0 Å². The lowest BCUT2D eigenvalue weighted by molar-refractivity contribution is -0.228. The first-order valence-corrected chi connectivity index (χ1v) is 14.4. The van der Waals surface area contributed by atoms with Crippen molar-refractivity contribution in [3.8, 4) is 0 Å². The standard InChI is InChI=1S/C32H37F4NO3/c1-3-20-4-6-21(7-5-20)19-31-16-17-37(28(38)22-8-10-23(11-9-22)29(39)40)27(31)15-12-24-18-25(13-14-26(24)31)30(2,33)32(34,35)36/h4-7,13-14,18,22-23,27H,3,8-12,15-17,19H2,1-2H3,(H,39,40). The molecular weight excluding hydrogens is 522 g/mol. The molecule has 5 rings (SSSR count). The fourth-order valence-corrected chi connectivity index (χ4v) is 7.37. The van der Waals surface area contributed by atoms with Crippen molar-refractivity contribution in [3.63, 3.8) is 0 Å². The van der Waals surface area contributed by atoms with Crippen LogP contribution >= 0.6 is 0 Å². The van der Waals surface area contributed by atoms with Crippen molar-refractivity contribution in [2.75, 3.05) is 6.54 Å². The van der Waals surface area contributed by atoms with Crippen LogP contribution in [0.3, 0.4) is 0 Å². The molecule has 3 unspecified atom stereocenters. The molecule has 1 heterocycles. The molecule has 8 heteroatoms. The van der Waals surface area contributed by atoms with Gasteiger partial charge in [-0.1, -0.05) is 49.4 Å². The fraction of sp³-hybridized carbons (Fsp3) is 0.562. The van der Waals surface area contributed by atoms with E-state index in [4.69, 9.17) is 0 Å². The average Bonchev–Trinajstić information content (AvgIpc) is 3.31. The molecule has 0 aromatic heterocycles. The van der Waals surface area contributed by atoms with Crippen LogP contribution < -0.4 is 0 Å². The molecule has 0 spiro atoms. The second-order valence-corrected chi connectivity index (χ2v) is 12.1. The van der Waals surface area contributed by atoms with Gasteiger partial charge in [-0.3, -0.25) is 9.59 Å². The van der Waals surface area contributed by atoms with E-state index < -0.39 is 29.1 Å². The SMILES string of the molecule is CCc1ccc(CC23CCN(C(=O)C4CCC(C(=O)O)CC4)C2CCc2cc(C(C)(F)C(F)(F)F)ccc23)cc1. The number of likely N-dealkylation sites (tertiary alicyclic amines) is 1. The Bertz CT molecular complexity index is 1260. The lowest BCUT2D eigenvalue weighted by atomic mass is 9.63. The van der Waals surface area contributed by atoms with E-state index >= 15 is 0 Å². The van der Waals surface area contributed by atoms with Gasteiger partial charge in [-0.05, 0) is 92.5 Å². The molecule has 2 aromatic rings. The highest BCUT2D eigenvalue weighted by atomic mass is 19.4. The van der Waals surface area contributed by atoms with Crippen molar-refractivity contribution in [2.45, 2.75) is 94.9 Å². The number of carbonyl (C=O) groups is 2. The van der Waals surface area contributed by atoms with Crippen LogP contribution in [0.5, 0.6) is 0 Å². The zero-order valence-electron chi connectivity index (χ0n) is 23.1. The van der Waals surface area contributed by atoms with Crippen molar-refractivity contribution in [2.24, 2.45) is 11.8 Å². The lowest BCUT2D eigenvalue weighted by Gasteiger charge is -2.45. The Morgan fingerprint density at radius 3 is 2.17 bits per heavy atom. The number of alkyl halides is 4. The van der Waals surface area contributed by atoms with Gasteiger partial charge in [-0.2, -0.15) is 13.2 Å². The second kappa shape index (κ2) is 10.5. The first-order chi connectivity index (χ1) is 18.9. The van der Waals surface area contributed by atoms with E-state index in [0.717, 1.165) is 23.1 Å². The van der Waals surface area contributed by atoms with E-state index in [1.165, 1.54) is 17.7 Å². The Balaban J connectivity index is 1.49. The van der Waals surface area contributed by atoms with Crippen molar-refractivity contribution in [3.05, 3.63) is 70.3 Å². The van der Waals surface area contributed by atoms with Crippen molar-refractivity contribution in [1.29, 1.82) is 0 Å². The van der Waals surface area contributed by atoms with Crippen LogP contribution in [-0.2, 0) is 39.9 Å². The number of hydrogen-bond donors (Lipinski definition) is 1. The number of carboxylic acid groups (broad SMARTS) is 1. The summed E-state index contributed by atoms with van der Waals surface area (Å²) in [4.78, 5) is 27.2. The van der Waals surface area contributed by atoms with Crippen LogP contribution in [0.25, 0.3) is 0 Å². The summed E-state index contributed by atoms with van der Waals surface area (Å²) >= 11 is 0. The number of fused-ring (bicyclic) bond motifs is 3. The zero-order chi connectivity index (χ0) is 28.9. The first kappa shape index (κ1) is 28.6. The zero-order valence-corrected chi connectivity index (χ0v) is 23.1. The Morgan fingerprint density at radius 1 is 0.950 bits per heavy atom. The number of aryl methyl sites for hydroxylation is 2. The minimum Gasteiger partial charge on any atom is -0.481 e. The predicted molar refractivity (Wildman–Crippen MR) is 144 cm³/mol. The molecular formula is C32H37F4NO3. The maximum atomic E-state index is 14.9. The third kappa shape index (κ3) is 4.92. The van der Waals surface area contributed by atoms with Gasteiger partial charge in [0, 0.05) is 23.9 Å². The molecule has 4 nitrogen and oxygen atoms in total. The van der Waals surface area contributed by atoms with Gasteiger partial charge in [0.05, 0.1) is 5.92 Å². The predicted octanol–water partition coefficient (Wildman–Crippen LogP) is 6.91. The molecule has 1 amide bonds. The lowest BCUT2D eigenvalue weighted by Crippen LogP contribution is -2.51. The maximum Gasteiger partial charge on any atom is 0.426 e. The fourth-order valence-electron chi connectivity index (χ4n) is 7.37. The third-order valence-corrected chi connectivity index (χ3v) is 9.88. The summed E-state index contributed by atoms with van der Waals surface area (Å²) in [5, 5.41) is 9.36. The molecule has 3 aliphatic rings. The van der Waals surface area contributed by atoms with Gasteiger partial charge in [0.25, 0.3) is 0 Å². The van der Waals surface area contributed by atoms with E-state index in [1.807, 2.05) is 4.90 Å². The molecule has 2 fully saturated rings. The number of nitrogens with zero attached hydrogens (tertiary/aromatic N) is 1. The van der Waals surface area contributed by atoms with E-state index in [9.17, 15) is 32.3 Å². The number of carbonyl (C=O) groups excluding carboxylic acids is 1. The average molecular weight is 560 g/mol. The molecule has 1 aliphatic heterocycles. The number of carboxylic acids is 1. The van der Waals surface area contributed by atoms with Crippen molar-refractivity contribution < 1.29 is 32.3 Å². The van der Waals surface area contributed by atoms with Crippen LogP contribution in [-0.4, -0.2) is 40.6 Å². The quantitative estimate of drug-likeness (QED) is 0.391. The van der Waals surface area contributed by atoms with Crippen LogP contribution in [0.2, 0.25) is 0 Å². The minimum atomic E-state index is -5.02. The molecule has 1 saturated heterocycles. The van der Waals surface area contributed by atoms with Gasteiger partial charge >= 0.3 is 12.1 Å². The monoisotopic (exact) mass is 559 g/mol. The molecule has 216 valence electrons. The topological polar surface area (TPSA) is 57.6 Å². The number of rotatable bonds is 6. The summed E-state index contributed by atoms with van der Waals surface area (Å²) in [5.41, 5.74) is -0.381. The van der Waals surface area contributed by atoms with Gasteiger partial charge in [0.1, 0.15) is 0 Å². The molecule has 0 radical (unpaired) electrons. The number of hydrogen-bond acceptors (Lipinski definition) is 2. The van der Waals surface area contributed by atoms with E-state index in [1.54, 1.807) is 6.07 Å². The van der Waals surface area contributed by atoms with Crippen LogP contribution in [0.15, 0.2) is 42.5 Å². The highest BCUT2D eigenvalue weighted by Crippen LogP contribution is 2.51. The summed E-state index contributed by atoms with van der Waals surface area (Å²) in [6.45, 7) is 3.20. The molecule has 1 N–H and O–H groups in total. The van der Waals surface area contributed by atoms with Crippen molar-refractivity contribution in [1.82, 2.24) is 4.90 Å². The smallest absolute Gasteiger partial charge is 0.426 e. The minimum absolute atomic E-state index is 0.0607. The summed E-state index contributed by atoms with van der Waals surface area (Å²) < 4.78 is 55.5. The summed E-state index contributed by atoms with van der Waals surface area (Å²) in [6.07, 6.45) is 0.340. The number of aliphatic carboxylic acids is 1. The van der Waals surface area contributed by atoms with Gasteiger partial charge in [0.15, 0.2) is 0 Å². The third-order valence-electron chi connectivity index (χ3n) is 9.88. The van der Waals surface area contributed by atoms with E-state index in [-0.39, 0.29) is 23.4 Å². The number of benzene rings is 2. The Morgan fingerprint density at radius 2 is 1.57 bits per heavy atom. The van der Waals surface area contributed by atoms with Gasteiger partial charge in [-0.25, -0.2) is 4.39 Å². The molecule has 1 saturated carbocycles. The van der Waals surface area contributed by atoms with Gasteiger partial charge in [0.2, 0.25) is 11.6 Å². The molecule has 2 aliphatic carbocycles. The Labute approximate surface area is 232 Å². The molecule has 2 aromatic carbocycles. The van der Waals surface area contributed by atoms with Crippen molar-refractivity contribution >= 4 is 11.9 Å². The van der Waals surface area contributed by atoms with E-state index in [2.05, 4.69) is 31.2 Å². The first-order valence-electron chi connectivity index (χ1n) is 14.4. The Kier molecular flexibility index (Phi) is 7.51. The van der Waals surface area contributed by atoms with Gasteiger partial charge in [-0.15, -0.1) is 0 Å². The van der Waals surface area contributed by atoms with Crippen LogP contribution in [0.1, 0.15) is 80.2 Å². The molecule has 0 bridgehead atoms. The van der Waals surface area contributed by atoms with Crippen LogP contribution in [0, 0.1) is 11.8 Å². The Hall–Kier alpha value is -2.90. The maximum absolute atomic E-state index is 14.9. The summed E-state index contributed by atoms with van der Waals surface area (Å²) in [6, 6.07) is 12.6. The molecule has 40 heavy (non-hydrogen) atoms. The number of halogens is 4. The molecule has 3 atom stereocenters. The summed E-state index contributed by atoms with van der Waals surface area (Å²) in [5.74, 6) is -1.36. The number of amides is 1. The normalized spacial score (nSPS) is 27.9. The highest BCUT2D eigenvalue weighted by molar-refractivity contribution is 5.80. The van der Waals surface area contributed by atoms with E-state index in [0.29, 0.717) is 64.8 Å². The highest BCUT2D eigenvalue weighted by Gasteiger charge is 2.56. The largest absolute Gasteiger partial charge is 0.481 e. The van der Waals surface area contributed by atoms with Crippen LogP contribution in [0.4, 0.5) is 17.6 Å².